The number of Topliss-reactive ketones (excluding diaryl/α,β-unsaturated/α-hetero) is 1. The number of nitrogens with zero attached hydrogens (tertiary/aromatic N) is 1. The van der Waals surface area contributed by atoms with Gasteiger partial charge in [-0.15, -0.1) is 0 Å². The van der Waals surface area contributed by atoms with Crippen molar-refractivity contribution in [2.45, 2.75) is 19.8 Å². The van der Waals surface area contributed by atoms with Crippen LogP contribution in [0.15, 0.2) is 57.6 Å². The van der Waals surface area contributed by atoms with E-state index in [1.807, 2.05) is 18.2 Å². The lowest BCUT2D eigenvalue weighted by molar-refractivity contribution is -0.139. The molecule has 1 fully saturated rings. The van der Waals surface area contributed by atoms with E-state index in [1.54, 1.807) is 19.1 Å². The Morgan fingerprint density at radius 2 is 1.94 bits per heavy atom. The number of carbonyl (C=O) groups is 4. The number of hydrogen-bond donors (Lipinski definition) is 1. The number of halogens is 1. The predicted octanol–water partition coefficient (Wildman–Crippen LogP) is 3.73. The maximum absolute atomic E-state index is 13.2. The molecule has 0 radical (unpaired) electrons. The molecule has 4 unspecified atom stereocenters. The third kappa shape index (κ3) is 3.62. The highest BCUT2D eigenvalue weighted by Crippen LogP contribution is 2.52. The highest BCUT2D eigenvalue weighted by Gasteiger charge is 2.55. The Morgan fingerprint density at radius 3 is 2.66 bits per heavy atom. The second-order valence-electron chi connectivity index (χ2n) is 9.15. The van der Waals surface area contributed by atoms with E-state index in [-0.39, 0.29) is 46.0 Å². The topological polar surface area (TPSA) is 101 Å². The second-order valence-corrected chi connectivity index (χ2v) is 10.0. The van der Waals surface area contributed by atoms with Crippen molar-refractivity contribution in [3.8, 4) is 11.5 Å². The minimum Gasteiger partial charge on any atom is -0.504 e. The van der Waals surface area contributed by atoms with Crippen LogP contribution in [0.4, 0.5) is 0 Å². The van der Waals surface area contributed by atoms with E-state index in [1.165, 1.54) is 24.2 Å². The number of allylic oxidation sites excluding steroid dienone is 7. The number of hydrogen-bond acceptors (Lipinski definition) is 6. The van der Waals surface area contributed by atoms with Crippen LogP contribution in [-0.4, -0.2) is 47.0 Å². The monoisotopic (exact) mass is 537 g/mol. The molecule has 3 aliphatic carbocycles. The van der Waals surface area contributed by atoms with Crippen LogP contribution < -0.4 is 4.74 Å². The number of phenolic OH excluding ortho intramolecular Hbond substituents is 1. The largest absolute Gasteiger partial charge is 0.504 e. The van der Waals surface area contributed by atoms with Crippen LogP contribution in [0.1, 0.15) is 25.3 Å². The summed E-state index contributed by atoms with van der Waals surface area (Å²) in [4.78, 5) is 53.6. The summed E-state index contributed by atoms with van der Waals surface area (Å²) < 4.78 is 5.40. The first-order valence-electron chi connectivity index (χ1n) is 11.6. The molecule has 35 heavy (non-hydrogen) atoms. The summed E-state index contributed by atoms with van der Waals surface area (Å²) >= 11 is 3.22. The van der Waals surface area contributed by atoms with Gasteiger partial charge in [0.15, 0.2) is 23.1 Å². The number of rotatable bonds is 4. The van der Waals surface area contributed by atoms with Crippen LogP contribution in [-0.2, 0) is 19.2 Å². The number of benzene rings is 1. The highest BCUT2D eigenvalue weighted by atomic mass is 79.9. The molecular formula is C27H24BrNO6. The zero-order valence-corrected chi connectivity index (χ0v) is 20.9. The predicted molar refractivity (Wildman–Crippen MR) is 131 cm³/mol. The smallest absolute Gasteiger partial charge is 0.233 e. The summed E-state index contributed by atoms with van der Waals surface area (Å²) in [7, 11) is 1.46. The minimum absolute atomic E-state index is 0.0151. The molecule has 4 atom stereocenters. The fourth-order valence-electron chi connectivity index (χ4n) is 5.87. The van der Waals surface area contributed by atoms with Crippen LogP contribution in [0.3, 0.4) is 0 Å². The molecule has 1 N–H and O–H groups in total. The van der Waals surface area contributed by atoms with Gasteiger partial charge in [0, 0.05) is 29.7 Å². The summed E-state index contributed by atoms with van der Waals surface area (Å²) in [5.74, 6) is -2.32. The molecule has 0 spiro atoms. The van der Waals surface area contributed by atoms with Crippen LogP contribution >= 0.6 is 15.9 Å². The van der Waals surface area contributed by atoms with E-state index in [4.69, 9.17) is 4.74 Å². The van der Waals surface area contributed by atoms with Crippen molar-refractivity contribution >= 4 is 45.4 Å². The molecule has 1 aliphatic heterocycles. The summed E-state index contributed by atoms with van der Waals surface area (Å²) in [6.07, 6.45) is 7.65. The zero-order valence-electron chi connectivity index (χ0n) is 19.3. The molecule has 8 heteroatoms. The van der Waals surface area contributed by atoms with Crippen molar-refractivity contribution in [1.82, 2.24) is 4.90 Å². The number of imide groups is 1. The molecule has 1 saturated heterocycles. The van der Waals surface area contributed by atoms with E-state index in [2.05, 4.69) is 15.9 Å². The van der Waals surface area contributed by atoms with Crippen LogP contribution in [0, 0.1) is 23.7 Å². The first-order valence-corrected chi connectivity index (χ1v) is 12.4. The average molecular weight is 538 g/mol. The van der Waals surface area contributed by atoms with Crippen molar-refractivity contribution in [2.24, 2.45) is 23.7 Å². The molecule has 4 aliphatic rings. The molecule has 5 rings (SSSR count). The van der Waals surface area contributed by atoms with Crippen LogP contribution in [0.25, 0.3) is 6.08 Å². The quantitative estimate of drug-likeness (QED) is 0.356. The van der Waals surface area contributed by atoms with Gasteiger partial charge in [-0.3, -0.25) is 24.1 Å². The number of likely N-dealkylation sites (tertiary alicyclic amines) is 1. The first-order chi connectivity index (χ1) is 16.8. The van der Waals surface area contributed by atoms with Gasteiger partial charge in [0.1, 0.15) is 0 Å². The van der Waals surface area contributed by atoms with Crippen molar-refractivity contribution < 1.29 is 29.0 Å². The number of fused-ring (bicyclic) bond motifs is 3. The van der Waals surface area contributed by atoms with E-state index in [0.717, 1.165) is 11.1 Å². The van der Waals surface area contributed by atoms with Gasteiger partial charge in [0.2, 0.25) is 11.8 Å². The van der Waals surface area contributed by atoms with Gasteiger partial charge in [0.05, 0.1) is 23.4 Å². The molecule has 1 aromatic rings. The van der Waals surface area contributed by atoms with Gasteiger partial charge >= 0.3 is 0 Å². The molecule has 1 heterocycles. The number of ketones is 2. The fraction of sp³-hybridized carbons (Fsp3) is 0.333. The molecule has 2 amide bonds. The van der Waals surface area contributed by atoms with E-state index in [0.29, 0.717) is 29.9 Å². The number of methoxy groups -OCH3 is 1. The standard InChI is InChI=1S/C27H24BrNO6/c1-3-29-26(33)16-8-7-14-15(6-4-13-5-9-20(30)22(10-13)35-2)23-18(11-17(14)24(16)27(29)34)25(32)19(28)12-21(23)31/h4-7,9-10,12,15-17,24,30H,3,8,11H2,1-2H3. The molecule has 0 aromatic heterocycles. The SMILES string of the molecule is CCN1C(=O)C2CC=C3C(C=Cc4ccc(O)c(OC)c4)C4=C(CC3C2C1=O)C(=O)C(Br)=CC4=O. The zero-order chi connectivity index (χ0) is 25.0. The average Bonchev–Trinajstić information content (AvgIpc) is 3.10. The number of ether oxygens (including phenoxy) is 1. The Balaban J connectivity index is 1.61. The van der Waals surface area contributed by atoms with E-state index < -0.39 is 17.8 Å². The maximum atomic E-state index is 13.2. The molecule has 180 valence electrons. The number of phenols is 1. The Hall–Kier alpha value is -3.26. The Labute approximate surface area is 210 Å². The second kappa shape index (κ2) is 8.75. The van der Waals surface area contributed by atoms with Gasteiger partial charge in [-0.25, -0.2) is 0 Å². The number of carbonyl (C=O) groups excluding carboxylic acids is 4. The third-order valence-electron chi connectivity index (χ3n) is 7.47. The summed E-state index contributed by atoms with van der Waals surface area (Å²) in [5.41, 5.74) is 2.47. The van der Waals surface area contributed by atoms with Crippen LogP contribution in [0.2, 0.25) is 0 Å². The number of amides is 2. The van der Waals surface area contributed by atoms with Gasteiger partial charge in [-0.1, -0.05) is 29.9 Å². The molecule has 0 bridgehead atoms. The van der Waals surface area contributed by atoms with Crippen molar-refractivity contribution in [3.05, 3.63) is 63.2 Å². The fourth-order valence-corrected chi connectivity index (χ4v) is 6.31. The maximum Gasteiger partial charge on any atom is 0.233 e. The van der Waals surface area contributed by atoms with Gasteiger partial charge < -0.3 is 9.84 Å². The van der Waals surface area contributed by atoms with Crippen molar-refractivity contribution in [2.75, 3.05) is 13.7 Å². The van der Waals surface area contributed by atoms with Crippen molar-refractivity contribution in [1.29, 1.82) is 0 Å². The number of aromatic hydroxyl groups is 1. The van der Waals surface area contributed by atoms with Gasteiger partial charge in [-0.05, 0) is 59.3 Å². The Morgan fingerprint density at radius 1 is 1.17 bits per heavy atom. The molecule has 1 aromatic carbocycles. The lowest BCUT2D eigenvalue weighted by Gasteiger charge is -2.41. The first kappa shape index (κ1) is 23.5. The van der Waals surface area contributed by atoms with Gasteiger partial charge in [0.25, 0.3) is 0 Å². The highest BCUT2D eigenvalue weighted by molar-refractivity contribution is 9.12. The van der Waals surface area contributed by atoms with Crippen LogP contribution in [0.5, 0.6) is 11.5 Å². The lowest BCUT2D eigenvalue weighted by Crippen LogP contribution is -2.39. The molecule has 0 saturated carbocycles. The third-order valence-corrected chi connectivity index (χ3v) is 8.06. The van der Waals surface area contributed by atoms with Gasteiger partial charge in [-0.2, -0.15) is 0 Å². The van der Waals surface area contributed by atoms with E-state index in [9.17, 15) is 24.3 Å². The molecular weight excluding hydrogens is 514 g/mol. The minimum atomic E-state index is -0.534. The van der Waals surface area contributed by atoms with Crippen molar-refractivity contribution in [3.63, 3.8) is 0 Å². The molecule has 7 nitrogen and oxygen atoms in total. The Bertz CT molecular complexity index is 1300. The lowest BCUT2D eigenvalue weighted by atomic mass is 9.61. The summed E-state index contributed by atoms with van der Waals surface area (Å²) in [6, 6.07) is 4.92. The summed E-state index contributed by atoms with van der Waals surface area (Å²) in [5, 5.41) is 9.90. The normalized spacial score (nSPS) is 28.1. The van der Waals surface area contributed by atoms with E-state index >= 15 is 0 Å². The summed E-state index contributed by atoms with van der Waals surface area (Å²) in [6.45, 7) is 2.10. The Kier molecular flexibility index (Phi) is 5.87.